The van der Waals surface area contributed by atoms with Gasteiger partial charge in [0.05, 0.1) is 23.3 Å². The third kappa shape index (κ3) is 6.00. The first-order valence-electron chi connectivity index (χ1n) is 12.9. The second-order valence-electron chi connectivity index (χ2n) is 10.5. The van der Waals surface area contributed by atoms with Crippen LogP contribution >= 0.6 is 11.9 Å². The molecule has 3 N–H and O–H groups in total. The van der Waals surface area contributed by atoms with Crippen LogP contribution in [0.4, 0.5) is 31.7 Å². The van der Waals surface area contributed by atoms with E-state index in [-0.39, 0.29) is 25.9 Å². The molecule has 0 atom stereocenters. The number of hydrogen-bond acceptors (Lipinski definition) is 8. The third-order valence-corrected chi connectivity index (χ3v) is 8.26. The van der Waals surface area contributed by atoms with Gasteiger partial charge in [0.25, 0.3) is 5.92 Å². The molecule has 2 aromatic rings. The van der Waals surface area contributed by atoms with Crippen molar-refractivity contribution in [3.05, 3.63) is 41.6 Å². The standard InChI is InChI=1S/C27H35F2N7S/c1-19-15-22(32-25(16-19)36-13-9-27(28,29)10-14-36)23(33-30)18-31-21-4-3-20(34-37-2)17-24(21)35-11-7-26(5-6-26)8-12-35/h3-4,15-18,34H,5-14,30H2,1-2H3/b31-18?,33-23+. The summed E-state index contributed by atoms with van der Waals surface area (Å²) in [5.41, 5.74) is 5.56. The number of aryl methyl sites for hydroxylation is 1. The van der Waals surface area contributed by atoms with Crippen LogP contribution in [-0.4, -0.2) is 55.3 Å². The molecule has 0 amide bonds. The predicted octanol–water partition coefficient (Wildman–Crippen LogP) is 5.76. The van der Waals surface area contributed by atoms with Gasteiger partial charge < -0.3 is 20.4 Å². The largest absolute Gasteiger partial charge is 0.370 e. The smallest absolute Gasteiger partial charge is 0.251 e. The van der Waals surface area contributed by atoms with Gasteiger partial charge in [0, 0.05) is 51.0 Å². The van der Waals surface area contributed by atoms with Crippen LogP contribution in [0.1, 0.15) is 49.8 Å². The Morgan fingerprint density at radius 2 is 1.73 bits per heavy atom. The number of hydrogen-bond donors (Lipinski definition) is 2. The van der Waals surface area contributed by atoms with Crippen molar-refractivity contribution in [2.24, 2.45) is 21.4 Å². The Labute approximate surface area is 221 Å². The maximum absolute atomic E-state index is 13.7. The molecular formula is C27H35F2N7S. The summed E-state index contributed by atoms with van der Waals surface area (Å²) in [7, 11) is 0. The highest BCUT2D eigenvalue weighted by Crippen LogP contribution is 2.54. The number of aromatic nitrogens is 1. The molecule has 198 valence electrons. The molecule has 10 heteroatoms. The Balaban J connectivity index is 1.38. The molecule has 7 nitrogen and oxygen atoms in total. The van der Waals surface area contributed by atoms with Crippen LogP contribution in [0.5, 0.6) is 0 Å². The summed E-state index contributed by atoms with van der Waals surface area (Å²) in [6.45, 7) is 4.55. The van der Waals surface area contributed by atoms with Crippen molar-refractivity contribution in [2.75, 3.05) is 47.0 Å². The highest BCUT2D eigenvalue weighted by atomic mass is 32.2. The molecule has 0 unspecified atom stereocenters. The number of pyridine rings is 1. The van der Waals surface area contributed by atoms with Gasteiger partial charge in [-0.15, -0.1) is 0 Å². The minimum atomic E-state index is -2.61. The van der Waals surface area contributed by atoms with E-state index in [0.29, 0.717) is 22.6 Å². The molecule has 2 saturated heterocycles. The van der Waals surface area contributed by atoms with Gasteiger partial charge in [-0.25, -0.2) is 13.8 Å². The highest BCUT2D eigenvalue weighted by molar-refractivity contribution is 7.99. The molecule has 1 aromatic heterocycles. The van der Waals surface area contributed by atoms with E-state index in [1.54, 1.807) is 18.2 Å². The van der Waals surface area contributed by atoms with Crippen LogP contribution in [-0.2, 0) is 0 Å². The van der Waals surface area contributed by atoms with E-state index >= 15 is 0 Å². The predicted molar refractivity (Wildman–Crippen MR) is 151 cm³/mol. The Morgan fingerprint density at radius 1 is 1.03 bits per heavy atom. The summed E-state index contributed by atoms with van der Waals surface area (Å²) in [5, 5.41) is 3.98. The lowest BCUT2D eigenvalue weighted by Crippen LogP contribution is -2.40. The number of anilines is 3. The van der Waals surface area contributed by atoms with Crippen LogP contribution in [0.2, 0.25) is 0 Å². The number of piperidine rings is 2. The first-order chi connectivity index (χ1) is 17.8. The monoisotopic (exact) mass is 527 g/mol. The average Bonchev–Trinajstić information content (AvgIpc) is 3.64. The number of hydrazone groups is 1. The topological polar surface area (TPSA) is 82.1 Å². The van der Waals surface area contributed by atoms with Crippen molar-refractivity contribution >= 4 is 46.8 Å². The zero-order valence-corrected chi connectivity index (χ0v) is 22.3. The highest BCUT2D eigenvalue weighted by Gasteiger charge is 2.44. The normalized spacial score (nSPS) is 21.0. The van der Waals surface area contributed by atoms with Crippen LogP contribution in [0.3, 0.4) is 0 Å². The zero-order valence-electron chi connectivity index (χ0n) is 21.5. The molecule has 3 heterocycles. The summed E-state index contributed by atoms with van der Waals surface area (Å²) in [6.07, 6.45) is 8.50. The van der Waals surface area contributed by atoms with Gasteiger partial charge in [-0.3, -0.25) is 4.99 Å². The maximum Gasteiger partial charge on any atom is 0.251 e. The number of alkyl halides is 2. The summed E-state index contributed by atoms with van der Waals surface area (Å²) >= 11 is 1.56. The van der Waals surface area contributed by atoms with Crippen LogP contribution in [0.25, 0.3) is 0 Å². The van der Waals surface area contributed by atoms with E-state index in [2.05, 4.69) is 20.8 Å². The van der Waals surface area contributed by atoms with Gasteiger partial charge in [0.1, 0.15) is 11.5 Å². The Kier molecular flexibility index (Phi) is 7.29. The first-order valence-corrected chi connectivity index (χ1v) is 14.1. The molecule has 3 aliphatic rings. The van der Waals surface area contributed by atoms with Crippen molar-refractivity contribution in [2.45, 2.75) is 51.4 Å². The molecule has 1 spiro atoms. The summed E-state index contributed by atoms with van der Waals surface area (Å²) in [4.78, 5) is 13.9. The van der Waals surface area contributed by atoms with E-state index in [9.17, 15) is 8.78 Å². The van der Waals surface area contributed by atoms with E-state index in [1.165, 1.54) is 25.7 Å². The molecule has 1 aliphatic carbocycles. The van der Waals surface area contributed by atoms with Crippen LogP contribution < -0.4 is 20.4 Å². The SMILES string of the molecule is CSNc1ccc(N=C/C(=N\N)c2cc(C)cc(N3CCC(F)(F)CC3)n2)c(N2CCC3(CC2)CC3)c1. The number of nitrogens with one attached hydrogen (secondary N) is 1. The van der Waals surface area contributed by atoms with Gasteiger partial charge in [-0.1, -0.05) is 11.9 Å². The van der Waals surface area contributed by atoms with Gasteiger partial charge >= 0.3 is 0 Å². The van der Waals surface area contributed by atoms with E-state index in [0.717, 1.165) is 35.7 Å². The molecule has 37 heavy (non-hydrogen) atoms. The fourth-order valence-electron chi connectivity index (χ4n) is 5.27. The lowest BCUT2D eigenvalue weighted by atomic mass is 9.93. The van der Waals surface area contributed by atoms with Crippen LogP contribution in [0, 0.1) is 12.3 Å². The fourth-order valence-corrected chi connectivity index (χ4v) is 5.63. The molecule has 5 rings (SSSR count). The van der Waals surface area contributed by atoms with Crippen molar-refractivity contribution < 1.29 is 8.78 Å². The number of aliphatic imine (C=N–C) groups is 1. The number of halogens is 2. The van der Waals surface area contributed by atoms with Crippen molar-refractivity contribution in [1.82, 2.24) is 4.98 Å². The van der Waals surface area contributed by atoms with Crippen molar-refractivity contribution in [1.29, 1.82) is 0 Å². The summed E-state index contributed by atoms with van der Waals surface area (Å²) in [5.74, 6) is 3.84. The Hall–Kier alpha value is -2.88. The number of nitrogens with two attached hydrogens (primary N) is 1. The van der Waals surface area contributed by atoms with Gasteiger partial charge in [-0.05, 0) is 73.9 Å². The van der Waals surface area contributed by atoms with Gasteiger partial charge in [0.15, 0.2) is 0 Å². The zero-order chi connectivity index (χ0) is 26.0. The molecule has 0 radical (unpaired) electrons. The molecule has 1 aromatic carbocycles. The minimum absolute atomic E-state index is 0.168. The van der Waals surface area contributed by atoms with Crippen LogP contribution in [0.15, 0.2) is 40.4 Å². The molecular weight excluding hydrogens is 492 g/mol. The first kappa shape index (κ1) is 25.8. The lowest BCUT2D eigenvalue weighted by Gasteiger charge is -2.34. The van der Waals surface area contributed by atoms with Crippen molar-refractivity contribution in [3.8, 4) is 0 Å². The van der Waals surface area contributed by atoms with E-state index in [4.69, 9.17) is 15.8 Å². The Bertz CT molecular complexity index is 1180. The van der Waals surface area contributed by atoms with Gasteiger partial charge in [-0.2, -0.15) is 5.10 Å². The summed E-state index contributed by atoms with van der Waals surface area (Å²) in [6, 6.07) is 10.0. The number of nitrogens with zero attached hydrogens (tertiary/aromatic N) is 5. The molecule has 1 saturated carbocycles. The summed E-state index contributed by atoms with van der Waals surface area (Å²) < 4.78 is 30.7. The molecule has 0 bridgehead atoms. The second-order valence-corrected chi connectivity index (χ2v) is 11.1. The quantitative estimate of drug-likeness (QED) is 0.206. The minimum Gasteiger partial charge on any atom is -0.370 e. The van der Waals surface area contributed by atoms with Crippen molar-refractivity contribution in [3.63, 3.8) is 0 Å². The van der Waals surface area contributed by atoms with E-state index < -0.39 is 5.92 Å². The third-order valence-electron chi connectivity index (χ3n) is 7.82. The van der Waals surface area contributed by atoms with Gasteiger partial charge in [0.2, 0.25) is 0 Å². The molecule has 2 aliphatic heterocycles. The second kappa shape index (κ2) is 10.5. The maximum atomic E-state index is 13.7. The number of rotatable bonds is 7. The Morgan fingerprint density at radius 3 is 2.38 bits per heavy atom. The average molecular weight is 528 g/mol. The lowest BCUT2D eigenvalue weighted by molar-refractivity contribution is -0.0221. The fraction of sp³-hybridized carbons (Fsp3) is 0.519. The van der Waals surface area contributed by atoms with E-state index in [1.807, 2.05) is 42.3 Å². The number of benzene rings is 1. The molecule has 3 fully saturated rings.